The summed E-state index contributed by atoms with van der Waals surface area (Å²) in [5, 5.41) is 3.16. The van der Waals surface area contributed by atoms with E-state index < -0.39 is 0 Å². The topological polar surface area (TPSA) is 62.6 Å². The van der Waals surface area contributed by atoms with Crippen molar-refractivity contribution in [2.45, 2.75) is 0 Å². The number of hydrogen-bond acceptors (Lipinski definition) is 3. The van der Waals surface area contributed by atoms with Gasteiger partial charge < -0.3 is 14.6 Å². The van der Waals surface area contributed by atoms with Crippen molar-refractivity contribution in [2.75, 3.05) is 13.2 Å². The summed E-state index contributed by atoms with van der Waals surface area (Å²) in [7, 11) is 0. The van der Waals surface area contributed by atoms with E-state index in [1.54, 1.807) is 24.3 Å². The van der Waals surface area contributed by atoms with E-state index in [2.05, 4.69) is 21.2 Å². The molecule has 0 saturated carbocycles. The van der Waals surface area contributed by atoms with Crippen LogP contribution in [0.15, 0.2) is 39.2 Å². The Bertz CT molecular complexity index is 729. The van der Waals surface area contributed by atoms with E-state index in [4.69, 9.17) is 16.0 Å². The van der Waals surface area contributed by atoms with Crippen LogP contribution in [-0.2, 0) is 4.79 Å². The molecule has 21 heavy (non-hydrogen) atoms. The quantitative estimate of drug-likeness (QED) is 0.885. The smallest absolute Gasteiger partial charge is 0.291 e. The summed E-state index contributed by atoms with van der Waals surface area (Å²) in [6.07, 6.45) is 0. The van der Waals surface area contributed by atoms with Crippen LogP contribution in [0.2, 0.25) is 5.02 Å². The second kappa shape index (κ2) is 5.54. The second-order valence-corrected chi connectivity index (χ2v) is 5.85. The first-order valence-electron chi connectivity index (χ1n) is 6.16. The first-order valence-corrected chi connectivity index (χ1v) is 7.33. The zero-order valence-electron chi connectivity index (χ0n) is 10.7. The summed E-state index contributed by atoms with van der Waals surface area (Å²) in [5.74, 6) is 0.194. The molecule has 1 aromatic heterocycles. The second-order valence-electron chi connectivity index (χ2n) is 4.56. The molecule has 1 aliphatic heterocycles. The van der Waals surface area contributed by atoms with E-state index in [-0.39, 0.29) is 30.8 Å². The molecule has 0 radical (unpaired) electrons. The third-order valence-corrected chi connectivity index (χ3v) is 3.90. The molecule has 1 N–H and O–H groups in total. The number of benzene rings is 1. The number of furan rings is 1. The van der Waals surface area contributed by atoms with Gasteiger partial charge in [-0.1, -0.05) is 23.7 Å². The third kappa shape index (κ3) is 2.82. The molecule has 2 amide bonds. The number of rotatable bonds is 2. The van der Waals surface area contributed by atoms with E-state index in [1.165, 1.54) is 4.90 Å². The lowest BCUT2D eigenvalue weighted by molar-refractivity contribution is -0.118. The maximum Gasteiger partial charge on any atom is 0.291 e. The van der Waals surface area contributed by atoms with Crippen LogP contribution in [0.3, 0.4) is 0 Å². The fraction of sp³-hybridized carbons (Fsp3) is 0.143. The molecule has 5 nitrogen and oxygen atoms in total. The van der Waals surface area contributed by atoms with Crippen molar-refractivity contribution in [3.8, 4) is 11.3 Å². The molecule has 0 aliphatic carbocycles. The molecule has 0 spiro atoms. The van der Waals surface area contributed by atoms with Gasteiger partial charge in [0, 0.05) is 16.7 Å². The van der Waals surface area contributed by atoms with E-state index in [0.717, 1.165) is 5.56 Å². The molecule has 1 fully saturated rings. The highest BCUT2D eigenvalue weighted by Gasteiger charge is 2.27. The van der Waals surface area contributed by atoms with Crippen LogP contribution in [0.25, 0.3) is 11.3 Å². The van der Waals surface area contributed by atoms with Gasteiger partial charge in [0.25, 0.3) is 5.91 Å². The summed E-state index contributed by atoms with van der Waals surface area (Å²) in [4.78, 5) is 24.8. The van der Waals surface area contributed by atoms with E-state index in [9.17, 15) is 9.59 Å². The fourth-order valence-electron chi connectivity index (χ4n) is 2.07. The van der Waals surface area contributed by atoms with Gasteiger partial charge in [0.15, 0.2) is 5.76 Å². The van der Waals surface area contributed by atoms with Gasteiger partial charge in [-0.3, -0.25) is 9.59 Å². The maximum absolute atomic E-state index is 12.2. The highest BCUT2D eigenvalue weighted by atomic mass is 79.9. The molecule has 0 atom stereocenters. The van der Waals surface area contributed by atoms with Gasteiger partial charge in [-0.2, -0.15) is 0 Å². The molecular weight excluding hydrogens is 360 g/mol. The average Bonchev–Trinajstić information content (AvgIpc) is 3.04. The van der Waals surface area contributed by atoms with Gasteiger partial charge in [0.2, 0.25) is 5.91 Å². The lowest BCUT2D eigenvalue weighted by Gasteiger charge is -2.10. The third-order valence-electron chi connectivity index (χ3n) is 3.07. The van der Waals surface area contributed by atoms with Crippen molar-refractivity contribution in [3.63, 3.8) is 0 Å². The van der Waals surface area contributed by atoms with Gasteiger partial charge in [-0.25, -0.2) is 0 Å². The lowest BCUT2D eigenvalue weighted by Crippen LogP contribution is -2.29. The van der Waals surface area contributed by atoms with Gasteiger partial charge in [0.05, 0.1) is 11.1 Å². The molecular formula is C14H10BrClN2O3. The number of nitrogens with one attached hydrogen (secondary N) is 1. The summed E-state index contributed by atoms with van der Waals surface area (Å²) >= 11 is 9.34. The van der Waals surface area contributed by atoms with Crippen LogP contribution < -0.4 is 5.32 Å². The first-order chi connectivity index (χ1) is 10.0. The minimum atomic E-state index is -0.331. The minimum absolute atomic E-state index is 0.0453. The van der Waals surface area contributed by atoms with E-state index in [1.807, 2.05) is 6.07 Å². The number of nitrogens with zero attached hydrogens (tertiary/aromatic N) is 1. The zero-order valence-corrected chi connectivity index (χ0v) is 13.1. The number of carbonyl (C=O) groups excluding carboxylic acids is 2. The van der Waals surface area contributed by atoms with Crippen LogP contribution in [0.5, 0.6) is 0 Å². The van der Waals surface area contributed by atoms with Crippen LogP contribution in [0.4, 0.5) is 0 Å². The van der Waals surface area contributed by atoms with Gasteiger partial charge in [0.1, 0.15) is 12.3 Å². The predicted octanol–water partition coefficient (Wildman–Crippen LogP) is 2.89. The lowest BCUT2D eigenvalue weighted by atomic mass is 10.2. The highest BCUT2D eigenvalue weighted by Crippen LogP contribution is 2.33. The summed E-state index contributed by atoms with van der Waals surface area (Å²) in [6.45, 7) is 0.242. The van der Waals surface area contributed by atoms with Crippen molar-refractivity contribution in [1.29, 1.82) is 0 Å². The summed E-state index contributed by atoms with van der Waals surface area (Å²) in [6, 6.07) is 8.75. The molecule has 1 aromatic carbocycles. The Hall–Kier alpha value is -1.79. The minimum Gasteiger partial charge on any atom is -0.450 e. The number of hydrogen-bond donors (Lipinski definition) is 1. The SMILES string of the molecule is O=C1CN(C(=O)c2cc(Br)c(-c3cccc(Cl)c3)o2)CN1. The van der Waals surface area contributed by atoms with Crippen molar-refractivity contribution in [2.24, 2.45) is 0 Å². The molecule has 7 heteroatoms. The van der Waals surface area contributed by atoms with Crippen molar-refractivity contribution >= 4 is 39.3 Å². The standard InChI is InChI=1S/C14H10BrClN2O3/c15-10-5-11(14(20)18-6-12(19)17-7-18)21-13(10)8-2-1-3-9(16)4-8/h1-5H,6-7H2,(H,17,19). The van der Waals surface area contributed by atoms with Gasteiger partial charge in [-0.05, 0) is 28.1 Å². The van der Waals surface area contributed by atoms with Crippen LogP contribution in [-0.4, -0.2) is 29.9 Å². The average molecular weight is 370 g/mol. The molecule has 0 unspecified atom stereocenters. The number of halogens is 2. The van der Waals surface area contributed by atoms with Crippen LogP contribution in [0, 0.1) is 0 Å². The monoisotopic (exact) mass is 368 g/mol. The highest BCUT2D eigenvalue weighted by molar-refractivity contribution is 9.10. The zero-order chi connectivity index (χ0) is 15.0. The Morgan fingerprint density at radius 1 is 1.38 bits per heavy atom. The molecule has 0 bridgehead atoms. The predicted molar refractivity (Wildman–Crippen MR) is 80.9 cm³/mol. The van der Waals surface area contributed by atoms with Crippen molar-refractivity contribution in [3.05, 3.63) is 45.6 Å². The Morgan fingerprint density at radius 3 is 2.86 bits per heavy atom. The van der Waals surface area contributed by atoms with Crippen LogP contribution >= 0.6 is 27.5 Å². The normalized spacial score (nSPS) is 14.4. The molecule has 1 saturated heterocycles. The van der Waals surface area contributed by atoms with Gasteiger partial charge >= 0.3 is 0 Å². The fourth-order valence-corrected chi connectivity index (χ4v) is 2.78. The molecule has 1 aliphatic rings. The Kier molecular flexibility index (Phi) is 3.73. The van der Waals surface area contributed by atoms with E-state index in [0.29, 0.717) is 15.3 Å². The van der Waals surface area contributed by atoms with Crippen LogP contribution in [0.1, 0.15) is 10.6 Å². The van der Waals surface area contributed by atoms with Crippen molar-refractivity contribution in [1.82, 2.24) is 10.2 Å². The van der Waals surface area contributed by atoms with E-state index >= 15 is 0 Å². The Morgan fingerprint density at radius 2 is 2.19 bits per heavy atom. The Labute approximate surface area is 134 Å². The molecule has 2 heterocycles. The summed E-state index contributed by atoms with van der Waals surface area (Å²) in [5.41, 5.74) is 0.768. The Balaban J connectivity index is 1.91. The molecule has 3 rings (SSSR count). The molecule has 2 aromatic rings. The first kappa shape index (κ1) is 14.2. The number of carbonyl (C=O) groups is 2. The van der Waals surface area contributed by atoms with Crippen molar-refractivity contribution < 1.29 is 14.0 Å². The number of amides is 2. The van der Waals surface area contributed by atoms with Gasteiger partial charge in [-0.15, -0.1) is 0 Å². The maximum atomic E-state index is 12.2. The molecule has 108 valence electrons. The largest absolute Gasteiger partial charge is 0.450 e. The summed E-state index contributed by atoms with van der Waals surface area (Å²) < 4.78 is 6.29.